The van der Waals surface area contributed by atoms with E-state index in [1.807, 2.05) is 0 Å². The van der Waals surface area contributed by atoms with Crippen LogP contribution in [0.25, 0.3) is 0 Å². The Hall–Kier alpha value is -0.190. The predicted octanol–water partition coefficient (Wildman–Crippen LogP) is 0.508. The molecule has 1 unspecified atom stereocenters. The molecule has 3 N–H and O–H groups in total. The van der Waals surface area contributed by atoms with Gasteiger partial charge in [0.1, 0.15) is 0 Å². The van der Waals surface area contributed by atoms with E-state index in [4.69, 9.17) is 23.1 Å². The maximum atomic E-state index is 8.89. The highest BCUT2D eigenvalue weighted by atomic mass is 32.1. The average molecular weight is 202 g/mol. The summed E-state index contributed by atoms with van der Waals surface area (Å²) in [5, 5.41) is 8.89. The number of nitrogens with zero attached hydrogens (tertiary/aromatic N) is 1. The minimum Gasteiger partial charge on any atom is -0.395 e. The first-order chi connectivity index (χ1) is 6.15. The van der Waals surface area contributed by atoms with Crippen LogP contribution in [-0.4, -0.2) is 40.2 Å². The van der Waals surface area contributed by atoms with Gasteiger partial charge in [-0.2, -0.15) is 0 Å². The topological polar surface area (TPSA) is 49.5 Å². The van der Waals surface area contributed by atoms with Gasteiger partial charge >= 0.3 is 0 Å². The van der Waals surface area contributed by atoms with E-state index in [0.29, 0.717) is 17.1 Å². The summed E-state index contributed by atoms with van der Waals surface area (Å²) in [6.45, 7) is 3.08. The van der Waals surface area contributed by atoms with Gasteiger partial charge in [-0.25, -0.2) is 0 Å². The van der Waals surface area contributed by atoms with Crippen LogP contribution >= 0.6 is 12.2 Å². The second kappa shape index (κ2) is 4.88. The van der Waals surface area contributed by atoms with E-state index in [2.05, 4.69) is 11.8 Å². The van der Waals surface area contributed by atoms with Crippen molar-refractivity contribution >= 4 is 17.2 Å². The summed E-state index contributed by atoms with van der Waals surface area (Å²) in [6.07, 6.45) is 3.26. The molecule has 1 rings (SSSR count). The quantitative estimate of drug-likeness (QED) is 0.616. The van der Waals surface area contributed by atoms with Crippen LogP contribution in [0.15, 0.2) is 0 Å². The fourth-order valence-electron chi connectivity index (χ4n) is 1.69. The van der Waals surface area contributed by atoms with Crippen molar-refractivity contribution in [2.45, 2.75) is 38.3 Å². The van der Waals surface area contributed by atoms with Gasteiger partial charge in [-0.05, 0) is 19.8 Å². The molecule has 0 aromatic carbocycles. The highest BCUT2D eigenvalue weighted by Gasteiger charge is 2.31. The molecule has 0 amide bonds. The third-order valence-electron chi connectivity index (χ3n) is 2.44. The van der Waals surface area contributed by atoms with Gasteiger partial charge in [0.2, 0.25) is 0 Å². The molecule has 0 aromatic heterocycles. The normalized spacial score (nSPS) is 19.0. The van der Waals surface area contributed by atoms with E-state index in [1.54, 1.807) is 0 Å². The van der Waals surface area contributed by atoms with Gasteiger partial charge in [0, 0.05) is 25.0 Å². The van der Waals surface area contributed by atoms with Crippen LogP contribution in [0.4, 0.5) is 0 Å². The van der Waals surface area contributed by atoms with Crippen LogP contribution in [0.3, 0.4) is 0 Å². The Morgan fingerprint density at radius 1 is 1.69 bits per heavy atom. The predicted molar refractivity (Wildman–Crippen MR) is 57.7 cm³/mol. The van der Waals surface area contributed by atoms with Gasteiger partial charge < -0.3 is 10.8 Å². The van der Waals surface area contributed by atoms with E-state index >= 15 is 0 Å². The first kappa shape index (κ1) is 10.9. The molecule has 3 nitrogen and oxygen atoms in total. The van der Waals surface area contributed by atoms with Crippen LogP contribution in [0.2, 0.25) is 0 Å². The Bertz CT molecular complexity index is 182. The van der Waals surface area contributed by atoms with Crippen LogP contribution in [-0.2, 0) is 0 Å². The van der Waals surface area contributed by atoms with Gasteiger partial charge in [0.25, 0.3) is 0 Å². The molecule has 13 heavy (non-hydrogen) atoms. The molecular weight excluding hydrogens is 184 g/mol. The van der Waals surface area contributed by atoms with Crippen molar-refractivity contribution in [2.75, 3.05) is 13.2 Å². The van der Waals surface area contributed by atoms with Crippen molar-refractivity contribution in [3.05, 3.63) is 0 Å². The largest absolute Gasteiger partial charge is 0.395 e. The first-order valence-electron chi connectivity index (χ1n) is 4.80. The molecule has 0 saturated heterocycles. The molecule has 1 aliphatic carbocycles. The Morgan fingerprint density at radius 3 is 2.69 bits per heavy atom. The fourth-order valence-corrected chi connectivity index (χ4v) is 1.93. The molecule has 0 aromatic rings. The van der Waals surface area contributed by atoms with Crippen LogP contribution in [0.1, 0.15) is 26.2 Å². The summed E-state index contributed by atoms with van der Waals surface area (Å²) in [6, 6.07) is 1.04. The third-order valence-corrected chi connectivity index (χ3v) is 2.60. The highest BCUT2D eigenvalue weighted by molar-refractivity contribution is 7.80. The molecular formula is C9H18N2OS. The smallest absolute Gasteiger partial charge is 0.0742 e. The van der Waals surface area contributed by atoms with Crippen molar-refractivity contribution < 1.29 is 5.11 Å². The molecule has 4 heteroatoms. The third kappa shape index (κ3) is 3.58. The van der Waals surface area contributed by atoms with E-state index < -0.39 is 0 Å². The average Bonchev–Trinajstić information content (AvgIpc) is 2.81. The zero-order chi connectivity index (χ0) is 9.84. The van der Waals surface area contributed by atoms with E-state index in [1.165, 1.54) is 12.8 Å². The standard InChI is InChI=1S/C9H18N2OS/c1-7(6-9(10)13)11(4-5-12)8-2-3-8/h7-8,12H,2-6H2,1H3,(H2,10,13). The maximum Gasteiger partial charge on any atom is 0.0742 e. The molecule has 1 saturated carbocycles. The van der Waals surface area contributed by atoms with Gasteiger partial charge in [-0.3, -0.25) is 4.90 Å². The number of thiocarbonyl (C=S) groups is 1. The van der Waals surface area contributed by atoms with E-state index in [0.717, 1.165) is 13.0 Å². The molecule has 0 aliphatic heterocycles. The number of aliphatic hydroxyl groups is 1. The van der Waals surface area contributed by atoms with Crippen molar-refractivity contribution in [3.63, 3.8) is 0 Å². The second-order valence-electron chi connectivity index (χ2n) is 3.71. The summed E-state index contributed by atoms with van der Waals surface area (Å²) >= 11 is 4.87. The van der Waals surface area contributed by atoms with Crippen LogP contribution in [0.5, 0.6) is 0 Å². The molecule has 0 bridgehead atoms. The number of hydrogen-bond acceptors (Lipinski definition) is 3. The lowest BCUT2D eigenvalue weighted by Crippen LogP contribution is -2.39. The molecule has 1 fully saturated rings. The van der Waals surface area contributed by atoms with Gasteiger partial charge in [0.05, 0.1) is 11.6 Å². The summed E-state index contributed by atoms with van der Waals surface area (Å²) in [7, 11) is 0. The van der Waals surface area contributed by atoms with Gasteiger partial charge in [-0.15, -0.1) is 0 Å². The molecule has 0 heterocycles. The Balaban J connectivity index is 2.37. The molecule has 0 spiro atoms. The molecule has 1 aliphatic rings. The zero-order valence-corrected chi connectivity index (χ0v) is 8.89. The van der Waals surface area contributed by atoms with Crippen molar-refractivity contribution in [1.29, 1.82) is 0 Å². The molecule has 0 radical (unpaired) electrons. The Kier molecular flexibility index (Phi) is 4.09. The number of nitrogens with two attached hydrogens (primary N) is 1. The number of rotatable bonds is 6. The SMILES string of the molecule is CC(CC(N)=S)N(CCO)C1CC1. The summed E-state index contributed by atoms with van der Waals surface area (Å²) < 4.78 is 0. The lowest BCUT2D eigenvalue weighted by molar-refractivity contribution is 0.153. The molecule has 1 atom stereocenters. The Labute approximate surface area is 84.9 Å². The summed E-state index contributed by atoms with van der Waals surface area (Å²) in [5.74, 6) is 0. The van der Waals surface area contributed by atoms with Crippen molar-refractivity contribution in [1.82, 2.24) is 4.90 Å². The van der Waals surface area contributed by atoms with Crippen molar-refractivity contribution in [3.8, 4) is 0 Å². The number of aliphatic hydroxyl groups excluding tert-OH is 1. The Morgan fingerprint density at radius 2 is 2.31 bits per heavy atom. The first-order valence-corrected chi connectivity index (χ1v) is 5.21. The second-order valence-corrected chi connectivity index (χ2v) is 4.24. The maximum absolute atomic E-state index is 8.89. The molecule has 76 valence electrons. The van der Waals surface area contributed by atoms with E-state index in [9.17, 15) is 0 Å². The minimum atomic E-state index is 0.220. The lowest BCUT2D eigenvalue weighted by atomic mass is 10.2. The fraction of sp³-hybridized carbons (Fsp3) is 0.889. The lowest BCUT2D eigenvalue weighted by Gasteiger charge is -2.27. The van der Waals surface area contributed by atoms with Crippen molar-refractivity contribution in [2.24, 2.45) is 5.73 Å². The monoisotopic (exact) mass is 202 g/mol. The number of hydrogen-bond donors (Lipinski definition) is 2. The summed E-state index contributed by atoms with van der Waals surface area (Å²) in [5.41, 5.74) is 5.49. The zero-order valence-electron chi connectivity index (χ0n) is 8.07. The van der Waals surface area contributed by atoms with Gasteiger partial charge in [0.15, 0.2) is 0 Å². The minimum absolute atomic E-state index is 0.220. The summed E-state index contributed by atoms with van der Waals surface area (Å²) in [4.78, 5) is 2.87. The highest BCUT2D eigenvalue weighted by Crippen LogP contribution is 2.28. The van der Waals surface area contributed by atoms with Crippen LogP contribution in [0, 0.1) is 0 Å². The van der Waals surface area contributed by atoms with Gasteiger partial charge in [-0.1, -0.05) is 12.2 Å². The van der Waals surface area contributed by atoms with E-state index in [-0.39, 0.29) is 6.61 Å². The van der Waals surface area contributed by atoms with Crippen LogP contribution < -0.4 is 5.73 Å².